The largest absolute Gasteiger partial charge is 0.463 e. The fourth-order valence-corrected chi connectivity index (χ4v) is 2.77. The van der Waals surface area contributed by atoms with Crippen LogP contribution in [0.5, 0.6) is 0 Å². The quantitative estimate of drug-likeness (QED) is 0.274. The van der Waals surface area contributed by atoms with Crippen LogP contribution in [0, 0.1) is 0 Å². The van der Waals surface area contributed by atoms with Crippen molar-refractivity contribution in [1.29, 1.82) is 0 Å². The Hall–Kier alpha value is -2.24. The maximum atomic E-state index is 11.7. The van der Waals surface area contributed by atoms with Crippen molar-refractivity contribution in [3.63, 3.8) is 0 Å². The molecule has 1 aliphatic rings. The molecule has 0 unspecified atom stereocenters. The molecule has 11 nitrogen and oxygen atoms in total. The van der Waals surface area contributed by atoms with E-state index in [0.29, 0.717) is 11.0 Å². The molecule has 0 spiro atoms. The molecular weight excluding hydrogens is 402 g/mol. The van der Waals surface area contributed by atoms with Crippen molar-refractivity contribution in [2.75, 3.05) is 40.9 Å². The van der Waals surface area contributed by atoms with Crippen LogP contribution in [-0.4, -0.2) is 100.0 Å². The first kappa shape index (κ1) is 25.8. The summed E-state index contributed by atoms with van der Waals surface area (Å²) in [5.74, 6) is -2.61. The van der Waals surface area contributed by atoms with Gasteiger partial charge in [0.2, 0.25) is 0 Å². The Morgan fingerprint density at radius 2 is 1.27 bits per heavy atom. The molecule has 0 bridgehead atoms. The molecule has 1 rings (SSSR count). The molecule has 0 aliphatic carbocycles. The fraction of sp³-hybridized carbons (Fsp3) is 0.789. The fourth-order valence-electron chi connectivity index (χ4n) is 2.77. The molecule has 0 amide bonds. The van der Waals surface area contributed by atoms with Crippen LogP contribution in [0.15, 0.2) is 0 Å². The smallest absolute Gasteiger partial charge is 0.303 e. The molecule has 30 heavy (non-hydrogen) atoms. The Bertz CT molecular complexity index is 629. The van der Waals surface area contributed by atoms with E-state index in [4.69, 9.17) is 28.4 Å². The molecule has 0 aromatic heterocycles. The highest BCUT2D eigenvalue weighted by atomic mass is 16.7. The van der Waals surface area contributed by atoms with Gasteiger partial charge in [0.25, 0.3) is 0 Å². The number of hydrogen-bond acceptors (Lipinski definition) is 10. The predicted octanol–water partition coefficient (Wildman–Crippen LogP) is -0.208. The number of nitrogens with zero attached hydrogens (tertiary/aromatic N) is 1. The van der Waals surface area contributed by atoms with Crippen LogP contribution < -0.4 is 0 Å². The molecule has 0 radical (unpaired) electrons. The van der Waals surface area contributed by atoms with E-state index in [1.54, 1.807) is 0 Å². The molecule has 1 saturated heterocycles. The summed E-state index contributed by atoms with van der Waals surface area (Å²) >= 11 is 0. The molecule has 172 valence electrons. The Morgan fingerprint density at radius 3 is 1.73 bits per heavy atom. The van der Waals surface area contributed by atoms with Crippen molar-refractivity contribution in [1.82, 2.24) is 0 Å². The first-order chi connectivity index (χ1) is 13.8. The summed E-state index contributed by atoms with van der Waals surface area (Å²) in [7, 11) is 5.91. The molecule has 0 aromatic rings. The number of likely N-dealkylation sites (N-methyl/N-ethyl adjacent to an activating group) is 1. The second-order valence-corrected chi connectivity index (χ2v) is 7.95. The van der Waals surface area contributed by atoms with Gasteiger partial charge in [0, 0.05) is 27.7 Å². The molecule has 1 aliphatic heterocycles. The molecule has 1 heterocycles. The molecule has 0 aromatic carbocycles. The van der Waals surface area contributed by atoms with Crippen molar-refractivity contribution in [3.8, 4) is 0 Å². The van der Waals surface area contributed by atoms with Crippen molar-refractivity contribution >= 4 is 23.9 Å². The van der Waals surface area contributed by atoms with Gasteiger partial charge in [-0.3, -0.25) is 19.2 Å². The summed E-state index contributed by atoms with van der Waals surface area (Å²) < 4.78 is 33.2. The normalized spacial score (nSPS) is 26.4. The van der Waals surface area contributed by atoms with Crippen LogP contribution in [0.1, 0.15) is 27.7 Å². The second-order valence-electron chi connectivity index (χ2n) is 7.95. The van der Waals surface area contributed by atoms with Gasteiger partial charge in [-0.2, -0.15) is 0 Å². The van der Waals surface area contributed by atoms with Gasteiger partial charge < -0.3 is 32.9 Å². The first-order valence-electron chi connectivity index (χ1n) is 9.52. The molecule has 0 N–H and O–H groups in total. The lowest BCUT2D eigenvalue weighted by Gasteiger charge is -2.44. The number of rotatable bonds is 9. The van der Waals surface area contributed by atoms with Gasteiger partial charge in [0.15, 0.2) is 24.6 Å². The van der Waals surface area contributed by atoms with E-state index in [2.05, 4.69) is 0 Å². The van der Waals surface area contributed by atoms with E-state index in [1.165, 1.54) is 27.7 Å². The topological polar surface area (TPSA) is 124 Å². The molecule has 11 heteroatoms. The SMILES string of the molecule is CC(=O)OC[C@@H]1O[C@@H](OCC[N+](C)(C)C)[C@@H](OC(C)=O)[C@@H](OC(C)=O)[C@@H]1OC(C)=O. The summed E-state index contributed by atoms with van der Waals surface area (Å²) in [6.07, 6.45) is -5.76. The standard InChI is InChI=1S/C19H32NO10/c1-11(21)26-10-15-16(27-12(2)22)17(28-13(3)23)18(29-14(4)24)19(30-15)25-9-8-20(5,6)7/h15-19H,8-10H2,1-7H3/q+1/t15-,16+,17-,18-,19+/m0/s1. The highest BCUT2D eigenvalue weighted by Crippen LogP contribution is 2.30. The third-order valence-corrected chi connectivity index (χ3v) is 3.99. The number of esters is 4. The molecule has 0 saturated carbocycles. The monoisotopic (exact) mass is 434 g/mol. The Kier molecular flexibility index (Phi) is 9.66. The van der Waals surface area contributed by atoms with E-state index in [-0.39, 0.29) is 13.2 Å². The average Bonchev–Trinajstić information content (AvgIpc) is 2.55. The van der Waals surface area contributed by atoms with E-state index in [0.717, 1.165) is 0 Å². The summed E-state index contributed by atoms with van der Waals surface area (Å²) in [5.41, 5.74) is 0. The maximum absolute atomic E-state index is 11.7. The number of ether oxygens (including phenoxy) is 6. The van der Waals surface area contributed by atoms with Gasteiger partial charge in [-0.05, 0) is 0 Å². The minimum Gasteiger partial charge on any atom is -0.463 e. The zero-order valence-corrected chi connectivity index (χ0v) is 18.5. The summed E-state index contributed by atoms with van der Waals surface area (Å²) in [5, 5.41) is 0. The van der Waals surface area contributed by atoms with Crippen molar-refractivity contribution in [2.24, 2.45) is 0 Å². The van der Waals surface area contributed by atoms with E-state index >= 15 is 0 Å². The van der Waals surface area contributed by atoms with Crippen molar-refractivity contribution in [2.45, 2.75) is 58.4 Å². The van der Waals surface area contributed by atoms with Crippen LogP contribution in [0.3, 0.4) is 0 Å². The molecular formula is C19H32NO10+. The lowest BCUT2D eigenvalue weighted by Crippen LogP contribution is -2.63. The van der Waals surface area contributed by atoms with Crippen LogP contribution in [0.4, 0.5) is 0 Å². The lowest BCUT2D eigenvalue weighted by molar-refractivity contribution is -0.871. The Balaban J connectivity index is 3.22. The van der Waals surface area contributed by atoms with Gasteiger partial charge in [-0.15, -0.1) is 0 Å². The van der Waals surface area contributed by atoms with Gasteiger partial charge in [-0.1, -0.05) is 0 Å². The van der Waals surface area contributed by atoms with Gasteiger partial charge in [0.1, 0.15) is 19.3 Å². The summed E-state index contributed by atoms with van der Waals surface area (Å²) in [6, 6.07) is 0. The highest BCUT2D eigenvalue weighted by Gasteiger charge is 2.52. The third-order valence-electron chi connectivity index (χ3n) is 3.99. The minimum absolute atomic E-state index is 0.233. The summed E-state index contributed by atoms with van der Waals surface area (Å²) in [6.45, 7) is 5.28. The lowest BCUT2D eigenvalue weighted by atomic mass is 9.98. The second kappa shape index (κ2) is 11.2. The van der Waals surface area contributed by atoms with E-state index in [1.807, 2.05) is 21.1 Å². The Morgan fingerprint density at radius 1 is 0.767 bits per heavy atom. The number of carbonyl (C=O) groups is 4. The van der Waals surface area contributed by atoms with Crippen molar-refractivity contribution in [3.05, 3.63) is 0 Å². The first-order valence-corrected chi connectivity index (χ1v) is 9.52. The maximum Gasteiger partial charge on any atom is 0.303 e. The predicted molar refractivity (Wildman–Crippen MR) is 101 cm³/mol. The van der Waals surface area contributed by atoms with E-state index < -0.39 is 54.6 Å². The van der Waals surface area contributed by atoms with Crippen molar-refractivity contribution < 1.29 is 52.1 Å². The van der Waals surface area contributed by atoms with Crippen LogP contribution in [-0.2, 0) is 47.6 Å². The molecule has 5 atom stereocenters. The van der Waals surface area contributed by atoms with Gasteiger partial charge in [0.05, 0.1) is 27.7 Å². The average molecular weight is 434 g/mol. The van der Waals surface area contributed by atoms with Crippen LogP contribution in [0.25, 0.3) is 0 Å². The van der Waals surface area contributed by atoms with Gasteiger partial charge in [-0.25, -0.2) is 0 Å². The molecule has 1 fully saturated rings. The Labute approximate surface area is 176 Å². The number of carbonyl (C=O) groups excluding carboxylic acids is 4. The zero-order valence-electron chi connectivity index (χ0n) is 18.5. The zero-order chi connectivity index (χ0) is 23.1. The van der Waals surface area contributed by atoms with Crippen LogP contribution >= 0.6 is 0 Å². The third kappa shape index (κ3) is 9.06. The summed E-state index contributed by atoms with van der Waals surface area (Å²) in [4.78, 5) is 46.3. The van der Waals surface area contributed by atoms with Gasteiger partial charge >= 0.3 is 23.9 Å². The number of hydrogen-bond donors (Lipinski definition) is 0. The highest BCUT2D eigenvalue weighted by molar-refractivity contribution is 5.68. The minimum atomic E-state index is -1.22. The van der Waals surface area contributed by atoms with E-state index in [9.17, 15) is 19.2 Å². The number of quaternary nitrogens is 1. The van der Waals surface area contributed by atoms with Crippen LogP contribution in [0.2, 0.25) is 0 Å².